The number of nitrogens with zero attached hydrogens (tertiary/aromatic N) is 3. The summed E-state index contributed by atoms with van der Waals surface area (Å²) >= 11 is 14.9. The number of halogens is 2. The van der Waals surface area contributed by atoms with Gasteiger partial charge in [-0.25, -0.2) is 4.98 Å². The third-order valence-corrected chi connectivity index (χ3v) is 8.40. The first kappa shape index (κ1) is 24.1. The van der Waals surface area contributed by atoms with E-state index in [1.165, 1.54) is 28.0 Å². The maximum atomic E-state index is 12.6. The van der Waals surface area contributed by atoms with E-state index in [-0.39, 0.29) is 17.1 Å². The van der Waals surface area contributed by atoms with Crippen LogP contribution in [0, 0.1) is 22.7 Å². The zero-order chi connectivity index (χ0) is 23.8. The molecule has 33 heavy (non-hydrogen) atoms. The van der Waals surface area contributed by atoms with Crippen molar-refractivity contribution in [3.63, 3.8) is 0 Å². The van der Waals surface area contributed by atoms with Crippen LogP contribution in [0.4, 0.5) is 5.00 Å². The summed E-state index contributed by atoms with van der Waals surface area (Å²) in [5, 5.41) is 21.7. The van der Waals surface area contributed by atoms with Crippen molar-refractivity contribution in [1.29, 1.82) is 5.26 Å². The van der Waals surface area contributed by atoms with E-state index in [0.717, 1.165) is 24.8 Å². The number of thiophene rings is 1. The van der Waals surface area contributed by atoms with E-state index in [4.69, 9.17) is 23.2 Å². The number of benzene rings is 1. The van der Waals surface area contributed by atoms with Crippen molar-refractivity contribution in [2.75, 3.05) is 11.1 Å². The summed E-state index contributed by atoms with van der Waals surface area (Å²) in [6.45, 7) is 6.78. The van der Waals surface area contributed by atoms with Gasteiger partial charge in [0.05, 0.1) is 16.3 Å². The molecule has 0 fully saturated rings. The molecule has 1 aliphatic carbocycles. The van der Waals surface area contributed by atoms with Gasteiger partial charge in [-0.05, 0) is 54.4 Å². The number of aromatic amines is 1. The lowest BCUT2D eigenvalue weighted by molar-refractivity contribution is -0.113. The Morgan fingerprint density at radius 3 is 2.88 bits per heavy atom. The fraction of sp³-hybridized carbons (Fsp3) is 0.391. The number of amides is 1. The Bertz CT molecular complexity index is 1240. The van der Waals surface area contributed by atoms with E-state index in [9.17, 15) is 10.1 Å². The van der Waals surface area contributed by atoms with Crippen LogP contribution < -0.4 is 5.32 Å². The van der Waals surface area contributed by atoms with E-state index in [0.29, 0.717) is 43.1 Å². The zero-order valence-electron chi connectivity index (χ0n) is 18.5. The molecule has 0 spiro atoms. The lowest BCUT2D eigenvalue weighted by Gasteiger charge is -2.33. The first-order valence-electron chi connectivity index (χ1n) is 10.5. The van der Waals surface area contributed by atoms with Crippen LogP contribution in [-0.2, 0) is 17.6 Å². The number of rotatable bonds is 5. The van der Waals surface area contributed by atoms with Crippen molar-refractivity contribution in [3.8, 4) is 17.5 Å². The van der Waals surface area contributed by atoms with Crippen molar-refractivity contribution in [2.45, 2.75) is 45.2 Å². The quantitative estimate of drug-likeness (QED) is 0.370. The molecule has 0 radical (unpaired) electrons. The number of carbonyl (C=O) groups excluding carboxylic acids is 1. The van der Waals surface area contributed by atoms with E-state index in [2.05, 4.69) is 47.3 Å². The number of hydrogen-bond acceptors (Lipinski definition) is 6. The fourth-order valence-electron chi connectivity index (χ4n) is 3.94. The summed E-state index contributed by atoms with van der Waals surface area (Å²) in [5.74, 6) is 1.01. The molecule has 2 heterocycles. The number of nitrogens with one attached hydrogen (secondary N) is 2. The number of thioether (sulfide) groups is 1. The number of aromatic nitrogens is 3. The Morgan fingerprint density at radius 2 is 2.18 bits per heavy atom. The molecule has 1 amide bonds. The number of carbonyl (C=O) groups is 1. The average Bonchev–Trinajstić information content (AvgIpc) is 3.35. The summed E-state index contributed by atoms with van der Waals surface area (Å²) in [4.78, 5) is 18.3. The normalized spacial score (nSPS) is 15.7. The van der Waals surface area contributed by atoms with Crippen molar-refractivity contribution in [2.24, 2.45) is 11.3 Å². The van der Waals surface area contributed by atoms with Crippen molar-refractivity contribution in [1.82, 2.24) is 15.2 Å². The molecule has 0 unspecified atom stereocenters. The molecule has 1 aliphatic rings. The van der Waals surface area contributed by atoms with Gasteiger partial charge in [-0.2, -0.15) is 5.26 Å². The maximum Gasteiger partial charge on any atom is 0.235 e. The van der Waals surface area contributed by atoms with Gasteiger partial charge in [-0.3, -0.25) is 9.89 Å². The van der Waals surface area contributed by atoms with Gasteiger partial charge in [-0.15, -0.1) is 16.4 Å². The maximum absolute atomic E-state index is 12.6. The Hall–Kier alpha value is -2.05. The van der Waals surface area contributed by atoms with Crippen LogP contribution >= 0.6 is 46.3 Å². The molecule has 10 heteroatoms. The van der Waals surface area contributed by atoms with Crippen LogP contribution in [0.3, 0.4) is 0 Å². The van der Waals surface area contributed by atoms with Crippen LogP contribution in [-0.4, -0.2) is 26.8 Å². The monoisotopic (exact) mass is 519 g/mol. The van der Waals surface area contributed by atoms with E-state index in [1.54, 1.807) is 18.2 Å². The van der Waals surface area contributed by atoms with Gasteiger partial charge < -0.3 is 5.32 Å². The van der Waals surface area contributed by atoms with Crippen molar-refractivity contribution < 1.29 is 4.79 Å². The highest BCUT2D eigenvalue weighted by atomic mass is 35.5. The molecule has 0 bridgehead atoms. The Morgan fingerprint density at radius 1 is 1.39 bits per heavy atom. The lowest BCUT2D eigenvalue weighted by atomic mass is 9.72. The minimum Gasteiger partial charge on any atom is -0.316 e. The number of fused-ring (bicyclic) bond motifs is 1. The number of hydrogen-bond donors (Lipinski definition) is 2. The van der Waals surface area contributed by atoms with Crippen LogP contribution in [0.25, 0.3) is 11.4 Å². The van der Waals surface area contributed by atoms with Crippen molar-refractivity contribution >= 4 is 57.2 Å². The lowest BCUT2D eigenvalue weighted by Crippen LogP contribution is -2.26. The summed E-state index contributed by atoms with van der Waals surface area (Å²) in [6, 6.07) is 7.43. The average molecular weight is 521 g/mol. The topological polar surface area (TPSA) is 94.5 Å². The van der Waals surface area contributed by atoms with E-state index >= 15 is 0 Å². The molecule has 172 valence electrons. The molecule has 2 aromatic heterocycles. The van der Waals surface area contributed by atoms with Gasteiger partial charge in [0.15, 0.2) is 5.82 Å². The van der Waals surface area contributed by atoms with Crippen LogP contribution in [0.1, 0.15) is 43.2 Å². The van der Waals surface area contributed by atoms with Crippen LogP contribution in [0.2, 0.25) is 10.0 Å². The van der Waals surface area contributed by atoms with Gasteiger partial charge in [0, 0.05) is 15.5 Å². The summed E-state index contributed by atoms with van der Waals surface area (Å²) in [6.07, 6.45) is 2.90. The molecule has 3 aromatic rings. The summed E-state index contributed by atoms with van der Waals surface area (Å²) in [7, 11) is 0. The SMILES string of the molecule is CC(C)(C)[C@@H]1CCc2c(sc(NC(=O)CSc3n[nH]c(-c4ccc(Cl)cc4Cl)n3)c2C#N)C1. The number of anilines is 1. The second-order valence-electron chi connectivity index (χ2n) is 9.05. The zero-order valence-corrected chi connectivity index (χ0v) is 21.6. The first-order chi connectivity index (χ1) is 15.7. The first-order valence-corrected chi connectivity index (χ1v) is 13.1. The molecule has 0 aliphatic heterocycles. The summed E-state index contributed by atoms with van der Waals surface area (Å²) < 4.78 is 0. The fourth-order valence-corrected chi connectivity index (χ4v) is 6.33. The van der Waals surface area contributed by atoms with Gasteiger partial charge in [0.2, 0.25) is 11.1 Å². The highest BCUT2D eigenvalue weighted by molar-refractivity contribution is 7.99. The van der Waals surface area contributed by atoms with Gasteiger partial charge in [0.25, 0.3) is 0 Å². The predicted molar refractivity (Wildman–Crippen MR) is 135 cm³/mol. The molecule has 0 saturated carbocycles. The highest BCUT2D eigenvalue weighted by Crippen LogP contribution is 2.44. The Kier molecular flexibility index (Phi) is 7.06. The molecule has 1 aromatic carbocycles. The largest absolute Gasteiger partial charge is 0.316 e. The van der Waals surface area contributed by atoms with Crippen LogP contribution in [0.5, 0.6) is 0 Å². The standard InChI is InChI=1S/C23H23Cl2N5OS2/c1-23(2,3)12-4-6-14-16(10-26)21(33-18(14)8-12)27-19(31)11-32-22-28-20(29-30-22)15-7-5-13(24)9-17(15)25/h5,7,9,12H,4,6,8,11H2,1-3H3,(H,27,31)(H,28,29,30)/t12-/m1/s1. The van der Waals surface area contributed by atoms with Gasteiger partial charge in [-0.1, -0.05) is 55.7 Å². The Labute approximate surface area is 211 Å². The number of H-pyrrole nitrogens is 1. The molecule has 6 nitrogen and oxygen atoms in total. The second kappa shape index (κ2) is 9.67. The molecule has 2 N–H and O–H groups in total. The van der Waals surface area contributed by atoms with Crippen molar-refractivity contribution in [3.05, 3.63) is 44.2 Å². The van der Waals surface area contributed by atoms with Gasteiger partial charge in [0.1, 0.15) is 11.1 Å². The van der Waals surface area contributed by atoms with E-state index < -0.39 is 0 Å². The molecular weight excluding hydrogens is 497 g/mol. The molecule has 0 saturated heterocycles. The molecular formula is C23H23Cl2N5OS2. The van der Waals surface area contributed by atoms with Crippen LogP contribution in [0.15, 0.2) is 23.4 Å². The molecule has 1 atom stereocenters. The third kappa shape index (κ3) is 5.38. The predicted octanol–water partition coefficient (Wildman–Crippen LogP) is 6.59. The smallest absolute Gasteiger partial charge is 0.235 e. The Balaban J connectivity index is 1.41. The summed E-state index contributed by atoms with van der Waals surface area (Å²) in [5.41, 5.74) is 2.61. The molecule has 4 rings (SSSR count). The number of nitriles is 1. The minimum absolute atomic E-state index is 0.129. The van der Waals surface area contributed by atoms with Gasteiger partial charge >= 0.3 is 0 Å². The van der Waals surface area contributed by atoms with E-state index in [1.807, 2.05) is 0 Å². The second-order valence-corrected chi connectivity index (χ2v) is 11.9. The minimum atomic E-state index is -0.196. The highest BCUT2D eigenvalue weighted by Gasteiger charge is 2.32. The third-order valence-electron chi connectivity index (χ3n) is 5.84.